The van der Waals surface area contributed by atoms with E-state index in [0.29, 0.717) is 11.1 Å². The Morgan fingerprint density at radius 3 is 2.26 bits per heavy atom. The van der Waals surface area contributed by atoms with E-state index in [0.717, 1.165) is 44.6 Å². The number of aliphatic hydroxyl groups is 4. The SMILES string of the molecule is CCCCCCCCOc1cc2c(c(O)c1[C@H]1O[C@@H](CO)[C@H](O)[C@@H](O)[C@@H]1O)C(=O)c1cc(O)c(O)cc1C2.O. The number of ketones is 1. The summed E-state index contributed by atoms with van der Waals surface area (Å²) in [5.74, 6) is -1.84. The molecule has 11 heteroatoms. The number of aliphatic hydroxyl groups excluding tert-OH is 4. The van der Waals surface area contributed by atoms with Gasteiger partial charge in [-0.3, -0.25) is 4.79 Å². The van der Waals surface area contributed by atoms with Gasteiger partial charge in [0.2, 0.25) is 0 Å². The molecule has 2 aromatic rings. The predicted molar refractivity (Wildman–Crippen MR) is 139 cm³/mol. The zero-order valence-corrected chi connectivity index (χ0v) is 21.8. The molecule has 0 saturated carbocycles. The first-order valence-corrected chi connectivity index (χ1v) is 13.1. The van der Waals surface area contributed by atoms with E-state index in [1.165, 1.54) is 6.07 Å². The third-order valence-corrected chi connectivity index (χ3v) is 7.37. The van der Waals surface area contributed by atoms with Crippen LogP contribution in [0.15, 0.2) is 18.2 Å². The molecule has 0 aromatic heterocycles. The first-order valence-electron chi connectivity index (χ1n) is 13.1. The number of aromatic hydroxyl groups is 3. The summed E-state index contributed by atoms with van der Waals surface area (Å²) in [7, 11) is 0. The van der Waals surface area contributed by atoms with Gasteiger partial charge in [-0.1, -0.05) is 39.0 Å². The highest BCUT2D eigenvalue weighted by atomic mass is 16.5. The molecule has 0 bridgehead atoms. The van der Waals surface area contributed by atoms with Crippen LogP contribution in [0.4, 0.5) is 0 Å². The molecule has 1 heterocycles. The van der Waals surface area contributed by atoms with Gasteiger partial charge in [-0.25, -0.2) is 0 Å². The van der Waals surface area contributed by atoms with Crippen LogP contribution in [0.2, 0.25) is 0 Å². The monoisotopic (exact) mass is 550 g/mol. The van der Waals surface area contributed by atoms with Crippen molar-refractivity contribution in [2.24, 2.45) is 0 Å². The lowest BCUT2D eigenvalue weighted by Gasteiger charge is -2.41. The standard InChI is InChI=1S/C28H36O10.H2O/c1-2-3-4-5-6-7-8-37-19-11-15-9-14-10-17(30)18(31)12-16(14)23(32)21(15)25(34)22(19)28-27(36)26(35)24(33)20(13-29)38-28;/h10-12,20,24,26-31,33-36H,2-9,13H2,1H3;1H2/t20-,24-,26+,27-,28+;/m0./s1. The highest BCUT2D eigenvalue weighted by Gasteiger charge is 2.47. The molecule has 0 radical (unpaired) electrons. The van der Waals surface area contributed by atoms with Crippen LogP contribution in [0.25, 0.3) is 0 Å². The topological polar surface area (TPSA) is 209 Å². The zero-order chi connectivity index (χ0) is 27.6. The number of unbranched alkanes of at least 4 members (excludes halogenated alkanes) is 5. The van der Waals surface area contributed by atoms with Crippen molar-refractivity contribution in [2.75, 3.05) is 13.2 Å². The Morgan fingerprint density at radius 1 is 0.897 bits per heavy atom. The van der Waals surface area contributed by atoms with Gasteiger partial charge < -0.3 is 50.7 Å². The Labute approximate surface area is 226 Å². The average molecular weight is 551 g/mol. The van der Waals surface area contributed by atoms with Crippen molar-refractivity contribution < 1.29 is 55.5 Å². The first-order chi connectivity index (χ1) is 18.2. The molecule has 39 heavy (non-hydrogen) atoms. The summed E-state index contributed by atoms with van der Waals surface area (Å²) in [5, 5.41) is 72.3. The van der Waals surface area contributed by atoms with Crippen LogP contribution in [0, 0.1) is 0 Å². The van der Waals surface area contributed by atoms with Gasteiger partial charge in [0.15, 0.2) is 17.3 Å². The van der Waals surface area contributed by atoms with Crippen molar-refractivity contribution in [1.82, 2.24) is 0 Å². The minimum atomic E-state index is -1.69. The van der Waals surface area contributed by atoms with E-state index in [2.05, 4.69) is 6.92 Å². The molecule has 4 rings (SSSR count). The van der Waals surface area contributed by atoms with Crippen molar-refractivity contribution in [1.29, 1.82) is 0 Å². The number of rotatable bonds is 10. The van der Waals surface area contributed by atoms with Gasteiger partial charge >= 0.3 is 0 Å². The fourth-order valence-corrected chi connectivity index (χ4v) is 5.22. The van der Waals surface area contributed by atoms with Crippen molar-refractivity contribution in [3.63, 3.8) is 0 Å². The second kappa shape index (κ2) is 12.9. The number of benzene rings is 2. The van der Waals surface area contributed by atoms with E-state index in [-0.39, 0.29) is 46.7 Å². The van der Waals surface area contributed by atoms with E-state index in [1.54, 1.807) is 6.07 Å². The van der Waals surface area contributed by atoms with Crippen LogP contribution in [0.1, 0.15) is 84.2 Å². The van der Waals surface area contributed by atoms with Gasteiger partial charge in [0, 0.05) is 5.56 Å². The van der Waals surface area contributed by atoms with Gasteiger partial charge in [-0.15, -0.1) is 0 Å². The van der Waals surface area contributed by atoms with Crippen LogP contribution in [-0.2, 0) is 11.2 Å². The Morgan fingerprint density at radius 2 is 1.56 bits per heavy atom. The molecular weight excluding hydrogens is 512 g/mol. The summed E-state index contributed by atoms with van der Waals surface area (Å²) in [6.07, 6.45) is -1.35. The van der Waals surface area contributed by atoms with E-state index < -0.39 is 54.4 Å². The Hall–Kier alpha value is -2.93. The van der Waals surface area contributed by atoms with Crippen molar-refractivity contribution in [3.8, 4) is 23.0 Å². The third-order valence-electron chi connectivity index (χ3n) is 7.37. The summed E-state index contributed by atoms with van der Waals surface area (Å²) in [6.45, 7) is 1.77. The molecule has 1 aliphatic carbocycles. The number of hydrogen-bond donors (Lipinski definition) is 7. The molecule has 0 spiro atoms. The fourth-order valence-electron chi connectivity index (χ4n) is 5.22. The molecule has 0 amide bonds. The maximum Gasteiger partial charge on any atom is 0.197 e. The number of carbonyl (C=O) groups is 1. The van der Waals surface area contributed by atoms with E-state index in [9.17, 15) is 40.5 Å². The molecule has 2 aromatic carbocycles. The van der Waals surface area contributed by atoms with Crippen LogP contribution < -0.4 is 4.74 Å². The lowest BCUT2D eigenvalue weighted by atomic mass is 9.81. The predicted octanol–water partition coefficient (Wildman–Crippen LogP) is 1.37. The minimum absolute atomic E-state index is 0. The van der Waals surface area contributed by atoms with Crippen molar-refractivity contribution in [3.05, 3.63) is 46.0 Å². The quantitative estimate of drug-likeness (QED) is 0.142. The normalized spacial score (nSPS) is 24.0. The van der Waals surface area contributed by atoms with Gasteiger partial charge in [0.25, 0.3) is 0 Å². The third kappa shape index (κ3) is 5.98. The fraction of sp³-hybridized carbons (Fsp3) is 0.536. The number of hydrogen-bond acceptors (Lipinski definition) is 10. The second-order valence-corrected chi connectivity index (χ2v) is 10.0. The smallest absolute Gasteiger partial charge is 0.197 e. The summed E-state index contributed by atoms with van der Waals surface area (Å²) in [5.41, 5.74) is 0.813. The Kier molecular flexibility index (Phi) is 10.2. The molecule has 11 nitrogen and oxygen atoms in total. The molecular formula is C28H38O11. The van der Waals surface area contributed by atoms with Crippen LogP contribution in [0.3, 0.4) is 0 Å². The van der Waals surface area contributed by atoms with E-state index >= 15 is 0 Å². The van der Waals surface area contributed by atoms with Crippen molar-refractivity contribution in [2.45, 2.75) is 82.4 Å². The number of ether oxygens (including phenoxy) is 2. The maximum atomic E-state index is 13.4. The van der Waals surface area contributed by atoms with Crippen LogP contribution in [0.5, 0.6) is 23.0 Å². The molecule has 0 unspecified atom stereocenters. The molecule has 2 aliphatic rings. The van der Waals surface area contributed by atoms with Gasteiger partial charge in [-0.05, 0) is 42.2 Å². The molecule has 1 fully saturated rings. The van der Waals surface area contributed by atoms with Gasteiger partial charge in [0.05, 0.1) is 24.3 Å². The van der Waals surface area contributed by atoms with E-state index in [1.807, 2.05) is 0 Å². The average Bonchev–Trinajstić information content (AvgIpc) is 2.89. The summed E-state index contributed by atoms with van der Waals surface area (Å²) >= 11 is 0. The number of carbonyl (C=O) groups excluding carboxylic acids is 1. The maximum absolute atomic E-state index is 13.4. The van der Waals surface area contributed by atoms with Crippen LogP contribution in [-0.4, -0.2) is 84.6 Å². The lowest BCUT2D eigenvalue weighted by Crippen LogP contribution is -2.55. The lowest BCUT2D eigenvalue weighted by molar-refractivity contribution is -0.232. The molecule has 1 aliphatic heterocycles. The Balaban J connectivity index is 0.00000420. The van der Waals surface area contributed by atoms with Crippen LogP contribution >= 0.6 is 0 Å². The molecule has 216 valence electrons. The molecule has 9 N–H and O–H groups in total. The highest BCUT2D eigenvalue weighted by molar-refractivity contribution is 6.14. The largest absolute Gasteiger partial charge is 0.507 e. The van der Waals surface area contributed by atoms with Crippen molar-refractivity contribution >= 4 is 5.78 Å². The Bertz CT molecular complexity index is 1160. The minimum Gasteiger partial charge on any atom is -0.507 e. The highest BCUT2D eigenvalue weighted by Crippen LogP contribution is 2.47. The summed E-state index contributed by atoms with van der Waals surface area (Å²) in [6, 6.07) is 3.99. The van der Waals surface area contributed by atoms with E-state index in [4.69, 9.17) is 9.47 Å². The molecule has 1 saturated heterocycles. The number of fused-ring (bicyclic) bond motifs is 2. The van der Waals surface area contributed by atoms with Gasteiger partial charge in [0.1, 0.15) is 42.0 Å². The zero-order valence-electron chi connectivity index (χ0n) is 21.8. The van der Waals surface area contributed by atoms with Gasteiger partial charge in [-0.2, -0.15) is 0 Å². The second-order valence-electron chi connectivity index (χ2n) is 10.0. The summed E-state index contributed by atoms with van der Waals surface area (Å²) < 4.78 is 11.7. The summed E-state index contributed by atoms with van der Waals surface area (Å²) in [4.78, 5) is 13.4. The molecule has 5 atom stereocenters. The number of phenolic OH excluding ortho intramolecular Hbond substituents is 3. The first kappa shape index (κ1) is 30.6. The number of phenols is 3.